The molecular weight excluding hydrogens is 286 g/mol. The Morgan fingerprint density at radius 3 is 2.35 bits per heavy atom. The zero-order valence-electron chi connectivity index (χ0n) is 13.2. The third kappa shape index (κ3) is 4.82. The minimum Gasteiger partial charge on any atom is -0.462 e. The van der Waals surface area contributed by atoms with Crippen molar-refractivity contribution in [3.8, 4) is 17.2 Å². The lowest BCUT2D eigenvalue weighted by Crippen LogP contribution is -2.03. The predicted molar refractivity (Wildman–Crippen MR) is 91.3 cm³/mol. The van der Waals surface area contributed by atoms with Crippen molar-refractivity contribution in [1.29, 1.82) is 5.26 Å². The van der Waals surface area contributed by atoms with Crippen LogP contribution in [0.25, 0.3) is 16.7 Å². The number of hydrogen-bond donors (Lipinski definition) is 0. The van der Waals surface area contributed by atoms with E-state index in [-0.39, 0.29) is 0 Å². The predicted octanol–water partition coefficient (Wildman–Crippen LogP) is 4.60. The summed E-state index contributed by atoms with van der Waals surface area (Å²) in [6.45, 7) is 2.41. The monoisotopic (exact) mass is 305 g/mol. The maximum atomic E-state index is 11.7. The van der Waals surface area contributed by atoms with Crippen molar-refractivity contribution in [2.75, 3.05) is 6.61 Å². The van der Waals surface area contributed by atoms with Gasteiger partial charge < -0.3 is 4.74 Å². The summed E-state index contributed by atoms with van der Waals surface area (Å²) in [7, 11) is 0. The molecule has 0 aliphatic carbocycles. The van der Waals surface area contributed by atoms with E-state index in [0.717, 1.165) is 24.0 Å². The molecule has 0 spiro atoms. The molecule has 0 aliphatic heterocycles. The first-order valence-corrected chi connectivity index (χ1v) is 7.69. The lowest BCUT2D eigenvalue weighted by molar-refractivity contribution is -0.137. The van der Waals surface area contributed by atoms with Crippen LogP contribution in [0.5, 0.6) is 0 Å². The molecule has 2 aromatic rings. The molecule has 0 amide bonds. The van der Waals surface area contributed by atoms with Crippen molar-refractivity contribution in [3.05, 3.63) is 66.2 Å². The van der Waals surface area contributed by atoms with E-state index in [9.17, 15) is 10.1 Å². The van der Waals surface area contributed by atoms with Crippen LogP contribution >= 0.6 is 0 Å². The number of nitrogens with zero attached hydrogens (tertiary/aromatic N) is 1. The van der Waals surface area contributed by atoms with E-state index in [1.54, 1.807) is 0 Å². The van der Waals surface area contributed by atoms with Gasteiger partial charge in [-0.3, -0.25) is 0 Å². The van der Waals surface area contributed by atoms with Crippen LogP contribution in [0.3, 0.4) is 0 Å². The van der Waals surface area contributed by atoms with Gasteiger partial charge in [-0.05, 0) is 23.1 Å². The van der Waals surface area contributed by atoms with Crippen molar-refractivity contribution in [1.82, 2.24) is 0 Å². The summed E-state index contributed by atoms with van der Waals surface area (Å²) in [5.74, 6) is -0.470. The lowest BCUT2D eigenvalue weighted by Gasteiger charge is -2.04. The fraction of sp³-hybridized carbons (Fsp3) is 0.200. The van der Waals surface area contributed by atoms with Gasteiger partial charge in [0.15, 0.2) is 0 Å². The van der Waals surface area contributed by atoms with Gasteiger partial charge >= 0.3 is 5.97 Å². The number of carbonyl (C=O) groups excluding carboxylic acids is 1. The average Bonchev–Trinajstić information content (AvgIpc) is 2.61. The maximum absolute atomic E-state index is 11.7. The number of ether oxygens (including phenoxy) is 1. The van der Waals surface area contributed by atoms with Crippen molar-refractivity contribution < 1.29 is 9.53 Å². The smallest absolute Gasteiger partial charge is 0.332 e. The van der Waals surface area contributed by atoms with Gasteiger partial charge in [-0.15, -0.1) is 0 Å². The number of hydrogen-bond acceptors (Lipinski definition) is 3. The van der Waals surface area contributed by atoms with Crippen LogP contribution in [0.4, 0.5) is 0 Å². The molecule has 23 heavy (non-hydrogen) atoms. The Kier molecular flexibility index (Phi) is 6.14. The molecule has 3 heteroatoms. The third-order valence-electron chi connectivity index (χ3n) is 3.43. The van der Waals surface area contributed by atoms with Crippen LogP contribution in [0.2, 0.25) is 0 Å². The second-order valence-corrected chi connectivity index (χ2v) is 5.13. The highest BCUT2D eigenvalue weighted by Gasteiger charge is 2.06. The molecule has 0 bridgehead atoms. The highest BCUT2D eigenvalue weighted by Crippen LogP contribution is 2.22. The number of nitriles is 1. The van der Waals surface area contributed by atoms with E-state index in [2.05, 4.69) is 6.07 Å². The molecule has 0 aromatic heterocycles. The van der Waals surface area contributed by atoms with Gasteiger partial charge in [0.05, 0.1) is 12.2 Å². The van der Waals surface area contributed by atoms with Gasteiger partial charge in [0.25, 0.3) is 0 Å². The van der Waals surface area contributed by atoms with Crippen LogP contribution in [0.1, 0.15) is 25.3 Å². The standard InChI is InChI=1S/C20H19NO2/c1-2-3-13-23-20(22)14-19(15-21)18-11-9-17(10-12-18)16-7-5-4-6-8-16/h4-12,14H,2-3,13H2,1H3. The normalized spacial score (nSPS) is 10.9. The van der Waals surface area contributed by atoms with Crippen LogP contribution in [-0.4, -0.2) is 12.6 Å². The Balaban J connectivity index is 2.13. The van der Waals surface area contributed by atoms with Crippen molar-refractivity contribution in [3.63, 3.8) is 0 Å². The summed E-state index contributed by atoms with van der Waals surface area (Å²) >= 11 is 0. The van der Waals surface area contributed by atoms with Crippen LogP contribution in [0.15, 0.2) is 60.7 Å². The van der Waals surface area contributed by atoms with Crippen LogP contribution in [-0.2, 0) is 9.53 Å². The number of esters is 1. The molecule has 0 radical (unpaired) electrons. The van der Waals surface area contributed by atoms with Crippen molar-refractivity contribution in [2.45, 2.75) is 19.8 Å². The number of unbranched alkanes of at least 4 members (excludes halogenated alkanes) is 1. The molecule has 0 saturated heterocycles. The molecule has 0 atom stereocenters. The van der Waals surface area contributed by atoms with E-state index in [4.69, 9.17) is 4.74 Å². The van der Waals surface area contributed by atoms with E-state index < -0.39 is 5.97 Å². The highest BCUT2D eigenvalue weighted by molar-refractivity contribution is 5.95. The quantitative estimate of drug-likeness (QED) is 0.339. The third-order valence-corrected chi connectivity index (χ3v) is 3.43. The molecule has 0 heterocycles. The van der Waals surface area contributed by atoms with Gasteiger partial charge in [0, 0.05) is 6.08 Å². The maximum Gasteiger partial charge on any atom is 0.332 e. The second-order valence-electron chi connectivity index (χ2n) is 5.13. The summed E-state index contributed by atoms with van der Waals surface area (Å²) in [6, 6.07) is 19.6. The Labute approximate surface area is 136 Å². The molecule has 0 fully saturated rings. The first-order chi connectivity index (χ1) is 11.2. The largest absolute Gasteiger partial charge is 0.462 e. The molecule has 2 rings (SSSR count). The summed E-state index contributed by atoms with van der Waals surface area (Å²) in [5.41, 5.74) is 3.20. The second kappa shape index (κ2) is 8.55. The van der Waals surface area contributed by atoms with Gasteiger partial charge in [-0.2, -0.15) is 5.26 Å². The van der Waals surface area contributed by atoms with Gasteiger partial charge in [0.2, 0.25) is 0 Å². The number of rotatable bonds is 6. The number of carbonyl (C=O) groups is 1. The lowest BCUT2D eigenvalue weighted by atomic mass is 10.0. The average molecular weight is 305 g/mol. The van der Waals surface area contributed by atoms with E-state index in [1.807, 2.05) is 61.5 Å². The van der Waals surface area contributed by atoms with Gasteiger partial charge in [-0.1, -0.05) is 67.9 Å². The van der Waals surface area contributed by atoms with Crippen molar-refractivity contribution in [2.24, 2.45) is 0 Å². The molecule has 2 aromatic carbocycles. The summed E-state index contributed by atoms with van der Waals surface area (Å²) in [5, 5.41) is 9.26. The van der Waals surface area contributed by atoms with E-state index in [1.165, 1.54) is 6.08 Å². The first-order valence-electron chi connectivity index (χ1n) is 7.69. The Hall–Kier alpha value is -2.86. The number of allylic oxidation sites excluding steroid dienone is 1. The summed E-state index contributed by atoms with van der Waals surface area (Å²) in [6.07, 6.45) is 3.05. The van der Waals surface area contributed by atoms with Gasteiger partial charge in [0.1, 0.15) is 6.07 Å². The SMILES string of the molecule is CCCCOC(=O)C=C(C#N)c1ccc(-c2ccccc2)cc1. The van der Waals surface area contributed by atoms with Crippen molar-refractivity contribution >= 4 is 11.5 Å². The highest BCUT2D eigenvalue weighted by atomic mass is 16.5. The number of benzene rings is 2. The summed E-state index contributed by atoms with van der Waals surface area (Å²) < 4.78 is 5.06. The fourth-order valence-electron chi connectivity index (χ4n) is 2.13. The molecule has 0 aliphatic rings. The first kappa shape index (κ1) is 16.5. The topological polar surface area (TPSA) is 50.1 Å². The Morgan fingerprint density at radius 1 is 1.09 bits per heavy atom. The summed E-state index contributed by atoms with van der Waals surface area (Å²) in [4.78, 5) is 11.7. The molecule has 116 valence electrons. The van der Waals surface area contributed by atoms with Gasteiger partial charge in [-0.25, -0.2) is 4.79 Å². The zero-order chi connectivity index (χ0) is 16.5. The fourth-order valence-corrected chi connectivity index (χ4v) is 2.13. The van der Waals surface area contributed by atoms with Crippen LogP contribution < -0.4 is 0 Å². The minimum atomic E-state index is -0.470. The van der Waals surface area contributed by atoms with E-state index >= 15 is 0 Å². The Bertz CT molecular complexity index is 710. The van der Waals surface area contributed by atoms with Crippen LogP contribution in [0, 0.1) is 11.3 Å². The minimum absolute atomic E-state index is 0.311. The molecule has 0 saturated carbocycles. The molecule has 0 N–H and O–H groups in total. The molecular formula is C20H19NO2. The molecule has 0 unspecified atom stereocenters. The Morgan fingerprint density at radius 2 is 1.74 bits per heavy atom. The molecule has 3 nitrogen and oxygen atoms in total. The zero-order valence-corrected chi connectivity index (χ0v) is 13.2. The van der Waals surface area contributed by atoms with E-state index in [0.29, 0.717) is 17.7 Å².